The second-order valence-electron chi connectivity index (χ2n) is 4.15. The molecule has 1 amide bonds. The predicted molar refractivity (Wildman–Crippen MR) is 65.8 cm³/mol. The van der Waals surface area contributed by atoms with Crippen molar-refractivity contribution in [2.24, 2.45) is 0 Å². The van der Waals surface area contributed by atoms with Crippen LogP contribution >= 0.6 is 0 Å². The van der Waals surface area contributed by atoms with Crippen LogP contribution in [-0.4, -0.2) is 5.91 Å². The molecular weight excluding hydrogens is 293 g/mol. The molecule has 0 saturated heterocycles. The van der Waals surface area contributed by atoms with Crippen LogP contribution in [0.2, 0.25) is 0 Å². The van der Waals surface area contributed by atoms with Crippen molar-refractivity contribution in [1.82, 2.24) is 0 Å². The van der Waals surface area contributed by atoms with Crippen LogP contribution in [-0.2, 0) is 6.18 Å². The van der Waals surface area contributed by atoms with Crippen LogP contribution in [0.25, 0.3) is 0 Å². The number of hydrogen-bond donors (Lipinski definition) is 1. The molecule has 0 bridgehead atoms. The third kappa shape index (κ3) is 3.56. The Hall–Kier alpha value is -2.44. The average Bonchev–Trinajstić information content (AvgIpc) is 2.39. The van der Waals surface area contributed by atoms with Crippen molar-refractivity contribution < 1.29 is 26.7 Å². The molecule has 0 atom stereocenters. The van der Waals surface area contributed by atoms with Gasteiger partial charge in [-0.05, 0) is 42.5 Å². The molecule has 2 aromatic rings. The normalized spacial score (nSPS) is 11.3. The number of alkyl halides is 3. The molecule has 0 aliphatic rings. The van der Waals surface area contributed by atoms with Crippen molar-refractivity contribution in [2.45, 2.75) is 6.18 Å². The number of anilines is 1. The van der Waals surface area contributed by atoms with E-state index in [1.54, 1.807) is 0 Å². The Morgan fingerprint density at radius 2 is 1.57 bits per heavy atom. The number of nitrogens with one attached hydrogen (secondary N) is 1. The van der Waals surface area contributed by atoms with Crippen molar-refractivity contribution in [3.8, 4) is 0 Å². The topological polar surface area (TPSA) is 29.1 Å². The van der Waals surface area contributed by atoms with E-state index in [0.29, 0.717) is 12.1 Å². The highest BCUT2D eigenvalue weighted by molar-refractivity contribution is 6.04. The van der Waals surface area contributed by atoms with Gasteiger partial charge in [-0.2, -0.15) is 13.2 Å². The maximum absolute atomic E-state index is 13.3. The molecule has 0 spiro atoms. The summed E-state index contributed by atoms with van der Waals surface area (Å²) in [7, 11) is 0. The molecule has 0 aromatic heterocycles. The average molecular weight is 301 g/mol. The van der Waals surface area contributed by atoms with Gasteiger partial charge in [-0.15, -0.1) is 0 Å². The van der Waals surface area contributed by atoms with Gasteiger partial charge in [0.2, 0.25) is 0 Å². The second-order valence-corrected chi connectivity index (χ2v) is 4.15. The zero-order chi connectivity index (χ0) is 15.6. The molecule has 0 unspecified atom stereocenters. The van der Waals surface area contributed by atoms with Crippen molar-refractivity contribution in [2.75, 3.05) is 5.32 Å². The lowest BCUT2D eigenvalue weighted by Gasteiger charge is -2.10. The molecule has 0 saturated carbocycles. The van der Waals surface area contributed by atoms with Crippen molar-refractivity contribution in [3.63, 3.8) is 0 Å². The summed E-state index contributed by atoms with van der Waals surface area (Å²) in [6, 6.07) is 6.61. The van der Waals surface area contributed by atoms with E-state index in [0.717, 1.165) is 18.2 Å². The summed E-state index contributed by atoms with van der Waals surface area (Å²) in [6.45, 7) is 0. The van der Waals surface area contributed by atoms with Crippen LogP contribution < -0.4 is 5.32 Å². The van der Waals surface area contributed by atoms with Gasteiger partial charge in [0.1, 0.15) is 11.6 Å². The van der Waals surface area contributed by atoms with E-state index >= 15 is 0 Å². The molecule has 0 fully saturated rings. The summed E-state index contributed by atoms with van der Waals surface area (Å²) >= 11 is 0. The number of rotatable bonds is 2. The molecule has 7 heteroatoms. The minimum atomic E-state index is -4.82. The molecule has 0 aliphatic heterocycles. The smallest absolute Gasteiger partial charge is 0.322 e. The van der Waals surface area contributed by atoms with E-state index in [9.17, 15) is 26.7 Å². The number of amides is 1. The van der Waals surface area contributed by atoms with Gasteiger partial charge in [0.15, 0.2) is 0 Å². The number of benzene rings is 2. The summed E-state index contributed by atoms with van der Waals surface area (Å²) in [5, 5.41) is 2.32. The van der Waals surface area contributed by atoms with Gasteiger partial charge in [-0.25, -0.2) is 8.78 Å². The largest absolute Gasteiger partial charge is 0.419 e. The number of carbonyl (C=O) groups is 1. The first-order chi connectivity index (χ1) is 9.77. The number of hydrogen-bond acceptors (Lipinski definition) is 1. The van der Waals surface area contributed by atoms with Crippen LogP contribution in [0.15, 0.2) is 42.5 Å². The number of carbonyl (C=O) groups excluding carboxylic acids is 1. The number of halogens is 5. The second kappa shape index (κ2) is 5.51. The zero-order valence-corrected chi connectivity index (χ0v) is 10.3. The fourth-order valence-electron chi connectivity index (χ4n) is 1.62. The zero-order valence-electron chi connectivity index (χ0n) is 10.3. The Labute approximate surface area is 116 Å². The highest BCUT2D eigenvalue weighted by Crippen LogP contribution is 2.31. The van der Waals surface area contributed by atoms with Gasteiger partial charge < -0.3 is 5.32 Å². The highest BCUT2D eigenvalue weighted by atomic mass is 19.4. The Kier molecular flexibility index (Phi) is 3.93. The lowest BCUT2D eigenvalue weighted by atomic mass is 10.1. The van der Waals surface area contributed by atoms with E-state index < -0.39 is 29.3 Å². The maximum Gasteiger partial charge on any atom is 0.419 e. The van der Waals surface area contributed by atoms with E-state index in [1.165, 1.54) is 12.1 Å². The molecule has 110 valence electrons. The lowest BCUT2D eigenvalue weighted by molar-refractivity contribution is -0.140. The van der Waals surface area contributed by atoms with E-state index in [2.05, 4.69) is 5.32 Å². The minimum Gasteiger partial charge on any atom is -0.322 e. The Balaban J connectivity index is 2.20. The summed E-state index contributed by atoms with van der Waals surface area (Å²) in [4.78, 5) is 11.8. The lowest BCUT2D eigenvalue weighted by Crippen LogP contribution is -2.14. The maximum atomic E-state index is 13.3. The summed E-state index contributed by atoms with van der Waals surface area (Å²) in [6.07, 6.45) is -4.82. The Morgan fingerprint density at radius 1 is 0.952 bits per heavy atom. The minimum absolute atomic E-state index is 0.238. The molecule has 21 heavy (non-hydrogen) atoms. The van der Waals surface area contributed by atoms with Crippen molar-refractivity contribution in [1.29, 1.82) is 0 Å². The van der Waals surface area contributed by atoms with Crippen LogP contribution in [0, 0.1) is 11.6 Å². The fraction of sp³-hybridized carbons (Fsp3) is 0.0714. The van der Waals surface area contributed by atoms with E-state index in [1.807, 2.05) is 0 Å². The van der Waals surface area contributed by atoms with Crippen LogP contribution in [0.4, 0.5) is 27.6 Å². The van der Waals surface area contributed by atoms with E-state index in [-0.39, 0.29) is 11.3 Å². The standard InChI is InChI=1S/C14H8F5NO/c15-9-2-4-10(5-3-9)20-13(21)8-1-6-11(12(16)7-8)14(17,18)19/h1-7H,(H,20,21). The van der Waals surface area contributed by atoms with Crippen LogP contribution in [0.3, 0.4) is 0 Å². The molecule has 0 heterocycles. The Morgan fingerprint density at radius 3 is 2.10 bits per heavy atom. The van der Waals surface area contributed by atoms with Crippen molar-refractivity contribution >= 4 is 11.6 Å². The molecule has 0 radical (unpaired) electrons. The first-order valence-corrected chi connectivity index (χ1v) is 5.71. The molecule has 1 N–H and O–H groups in total. The van der Waals surface area contributed by atoms with Crippen LogP contribution in [0.1, 0.15) is 15.9 Å². The highest BCUT2D eigenvalue weighted by Gasteiger charge is 2.34. The molecule has 2 rings (SSSR count). The summed E-state index contributed by atoms with van der Waals surface area (Å²) in [5.41, 5.74) is -1.48. The van der Waals surface area contributed by atoms with Gasteiger partial charge in [-0.1, -0.05) is 0 Å². The molecular formula is C14H8F5NO. The molecule has 2 aromatic carbocycles. The van der Waals surface area contributed by atoms with Gasteiger partial charge in [-0.3, -0.25) is 4.79 Å². The SMILES string of the molecule is O=C(Nc1ccc(F)cc1)c1ccc(C(F)(F)F)c(F)c1. The van der Waals surface area contributed by atoms with Crippen LogP contribution in [0.5, 0.6) is 0 Å². The van der Waals surface area contributed by atoms with Gasteiger partial charge in [0.05, 0.1) is 5.56 Å². The Bertz CT molecular complexity index is 664. The predicted octanol–water partition coefficient (Wildman–Crippen LogP) is 4.24. The summed E-state index contributed by atoms with van der Waals surface area (Å²) in [5.74, 6) is -2.84. The first kappa shape index (κ1) is 15.0. The first-order valence-electron chi connectivity index (χ1n) is 5.71. The van der Waals surface area contributed by atoms with Gasteiger partial charge >= 0.3 is 6.18 Å². The molecule has 2 nitrogen and oxygen atoms in total. The summed E-state index contributed by atoms with van der Waals surface area (Å²) < 4.78 is 63.2. The molecule has 0 aliphatic carbocycles. The van der Waals surface area contributed by atoms with Gasteiger partial charge in [0.25, 0.3) is 5.91 Å². The quantitative estimate of drug-likeness (QED) is 0.826. The fourth-order valence-corrected chi connectivity index (χ4v) is 1.62. The van der Waals surface area contributed by atoms with Gasteiger partial charge in [0, 0.05) is 11.3 Å². The van der Waals surface area contributed by atoms with E-state index in [4.69, 9.17) is 0 Å². The third-order valence-corrected chi connectivity index (χ3v) is 2.64. The monoisotopic (exact) mass is 301 g/mol. The van der Waals surface area contributed by atoms with Crippen molar-refractivity contribution in [3.05, 3.63) is 65.2 Å². The third-order valence-electron chi connectivity index (χ3n) is 2.64.